The normalized spacial score (nSPS) is 20.2. The first-order chi connectivity index (χ1) is 14.5. The molecule has 0 saturated carbocycles. The minimum absolute atomic E-state index is 0.0321. The lowest BCUT2D eigenvalue weighted by molar-refractivity contribution is -0.121. The molecule has 0 radical (unpaired) electrons. The van der Waals surface area contributed by atoms with Crippen molar-refractivity contribution in [2.45, 2.75) is 46.1 Å². The molecule has 0 spiro atoms. The van der Waals surface area contributed by atoms with Gasteiger partial charge in [0.15, 0.2) is 5.58 Å². The van der Waals surface area contributed by atoms with Crippen LogP contribution >= 0.6 is 0 Å². The maximum atomic E-state index is 12.6. The number of carbonyl (C=O) groups excluding carboxylic acids is 1. The van der Waals surface area contributed by atoms with E-state index in [1.165, 1.54) is 11.1 Å². The van der Waals surface area contributed by atoms with E-state index in [1.54, 1.807) is 23.1 Å². The molecule has 4 rings (SSSR count). The number of likely N-dealkylation sites (tertiary alicyclic amines) is 1. The van der Waals surface area contributed by atoms with E-state index >= 15 is 0 Å². The van der Waals surface area contributed by atoms with Gasteiger partial charge in [0.25, 0.3) is 5.56 Å². The summed E-state index contributed by atoms with van der Waals surface area (Å²) in [5, 5.41) is 7.23. The highest BCUT2D eigenvalue weighted by Gasteiger charge is 2.21. The highest BCUT2D eigenvalue weighted by Crippen LogP contribution is 2.21. The maximum absolute atomic E-state index is 12.6. The Morgan fingerprint density at radius 3 is 2.80 bits per heavy atom. The van der Waals surface area contributed by atoms with Crippen LogP contribution in [-0.2, 0) is 11.3 Å². The van der Waals surface area contributed by atoms with Crippen molar-refractivity contribution in [2.75, 3.05) is 26.2 Å². The van der Waals surface area contributed by atoms with Crippen molar-refractivity contribution in [3.8, 4) is 0 Å². The molecule has 3 aromatic rings. The highest BCUT2D eigenvalue weighted by molar-refractivity contribution is 5.81. The molecule has 30 heavy (non-hydrogen) atoms. The number of furan rings is 1. The maximum Gasteiger partial charge on any atom is 0.291 e. The van der Waals surface area contributed by atoms with Crippen LogP contribution in [0.1, 0.15) is 39.5 Å². The van der Waals surface area contributed by atoms with Crippen LogP contribution in [0.2, 0.25) is 0 Å². The summed E-state index contributed by atoms with van der Waals surface area (Å²) in [5.41, 5.74) is 1.86. The van der Waals surface area contributed by atoms with Crippen LogP contribution in [0.4, 0.5) is 0 Å². The van der Waals surface area contributed by atoms with Gasteiger partial charge in [-0.05, 0) is 37.6 Å². The van der Waals surface area contributed by atoms with Gasteiger partial charge in [-0.1, -0.05) is 13.8 Å². The Morgan fingerprint density at radius 1 is 1.20 bits per heavy atom. The van der Waals surface area contributed by atoms with Gasteiger partial charge in [-0.25, -0.2) is 4.68 Å². The first-order valence-electron chi connectivity index (χ1n) is 10.9. The fraction of sp³-hybridized carbons (Fsp3) is 0.591. The Balaban J connectivity index is 1.19. The average Bonchev–Trinajstić information content (AvgIpc) is 3.28. The van der Waals surface area contributed by atoms with Crippen molar-refractivity contribution in [1.82, 2.24) is 24.4 Å². The lowest BCUT2D eigenvalue weighted by Crippen LogP contribution is -2.40. The number of nitrogens with one attached hydrogen (secondary N) is 1. The fourth-order valence-corrected chi connectivity index (χ4v) is 4.67. The molecule has 1 aliphatic rings. The van der Waals surface area contributed by atoms with Crippen LogP contribution in [0, 0.1) is 11.8 Å². The summed E-state index contributed by atoms with van der Waals surface area (Å²) < 4.78 is 8.50. The second-order valence-corrected chi connectivity index (χ2v) is 8.74. The minimum Gasteiger partial charge on any atom is -0.463 e. The summed E-state index contributed by atoms with van der Waals surface area (Å²) in [7, 11) is 0. The van der Waals surface area contributed by atoms with Crippen molar-refractivity contribution in [2.24, 2.45) is 11.8 Å². The van der Waals surface area contributed by atoms with Gasteiger partial charge in [0.1, 0.15) is 11.8 Å². The third kappa shape index (κ3) is 4.59. The second kappa shape index (κ2) is 9.04. The zero-order valence-electron chi connectivity index (χ0n) is 17.8. The van der Waals surface area contributed by atoms with E-state index in [0.717, 1.165) is 43.4 Å². The predicted molar refractivity (Wildman–Crippen MR) is 115 cm³/mol. The van der Waals surface area contributed by atoms with E-state index in [0.29, 0.717) is 37.0 Å². The molecular weight excluding hydrogens is 382 g/mol. The number of piperidine rings is 1. The largest absolute Gasteiger partial charge is 0.463 e. The van der Waals surface area contributed by atoms with E-state index < -0.39 is 0 Å². The number of hydrogen-bond donors (Lipinski definition) is 1. The van der Waals surface area contributed by atoms with Crippen LogP contribution in [-0.4, -0.2) is 51.2 Å². The number of hydrogen-bond acceptors (Lipinski definition) is 5. The molecule has 3 aromatic heterocycles. The van der Waals surface area contributed by atoms with Gasteiger partial charge in [0, 0.05) is 44.7 Å². The van der Waals surface area contributed by atoms with E-state index in [9.17, 15) is 9.59 Å². The van der Waals surface area contributed by atoms with Gasteiger partial charge in [-0.2, -0.15) is 5.10 Å². The number of aryl methyl sites for hydroxylation is 1. The molecule has 2 atom stereocenters. The standard InChI is InChI=1S/C22H31N5O3/c1-16-11-17(2)14-25(13-16)8-4-7-23-21(28)5-3-9-27-22(29)19-12-20-18(6-10-30-20)26(19)15-24-27/h6,10,12,15-17H,3-5,7-9,11,13-14H2,1-2H3,(H,23,28). The van der Waals surface area contributed by atoms with Crippen molar-refractivity contribution in [3.05, 3.63) is 35.1 Å². The van der Waals surface area contributed by atoms with E-state index in [1.807, 2.05) is 6.07 Å². The monoisotopic (exact) mass is 413 g/mol. The molecule has 8 heteroatoms. The van der Waals surface area contributed by atoms with Crippen LogP contribution in [0.25, 0.3) is 16.6 Å². The van der Waals surface area contributed by atoms with Crippen molar-refractivity contribution in [3.63, 3.8) is 0 Å². The predicted octanol–water partition coefficient (Wildman–Crippen LogP) is 2.51. The topological polar surface area (TPSA) is 84.8 Å². The number of rotatable bonds is 8. The highest BCUT2D eigenvalue weighted by atomic mass is 16.3. The third-order valence-electron chi connectivity index (χ3n) is 5.91. The summed E-state index contributed by atoms with van der Waals surface area (Å²) in [5.74, 6) is 1.55. The Hall–Kier alpha value is -2.61. The quantitative estimate of drug-likeness (QED) is 0.574. The van der Waals surface area contributed by atoms with Gasteiger partial charge >= 0.3 is 0 Å². The zero-order chi connectivity index (χ0) is 21.1. The van der Waals surface area contributed by atoms with E-state index in [-0.39, 0.29) is 11.5 Å². The van der Waals surface area contributed by atoms with Crippen molar-refractivity contribution < 1.29 is 9.21 Å². The number of nitrogens with zero attached hydrogens (tertiary/aromatic N) is 4. The molecule has 1 aliphatic heterocycles. The molecule has 1 amide bonds. The number of aromatic nitrogens is 3. The molecule has 8 nitrogen and oxygen atoms in total. The Bertz CT molecular complexity index is 1060. The number of fused-ring (bicyclic) bond motifs is 3. The first kappa shape index (κ1) is 20.7. The van der Waals surface area contributed by atoms with Crippen LogP contribution in [0.15, 0.2) is 33.9 Å². The smallest absolute Gasteiger partial charge is 0.291 e. The molecule has 2 unspecified atom stereocenters. The van der Waals surface area contributed by atoms with Crippen molar-refractivity contribution in [1.29, 1.82) is 0 Å². The Kier molecular flexibility index (Phi) is 6.22. The lowest BCUT2D eigenvalue weighted by Gasteiger charge is -2.34. The Labute approximate surface area is 175 Å². The van der Waals surface area contributed by atoms with Crippen LogP contribution in [0.5, 0.6) is 0 Å². The molecule has 1 N–H and O–H groups in total. The molecular formula is C22H31N5O3. The SMILES string of the molecule is CC1CC(C)CN(CCCNC(=O)CCCn2ncn3c(cc4occc43)c2=O)C1. The second-order valence-electron chi connectivity index (χ2n) is 8.74. The number of carbonyl (C=O) groups is 1. The Morgan fingerprint density at radius 2 is 2.00 bits per heavy atom. The summed E-state index contributed by atoms with van der Waals surface area (Å²) in [6, 6.07) is 3.54. The van der Waals surface area contributed by atoms with Crippen LogP contribution < -0.4 is 10.9 Å². The lowest BCUT2D eigenvalue weighted by atomic mass is 9.92. The van der Waals surface area contributed by atoms with Crippen molar-refractivity contribution >= 4 is 22.5 Å². The number of amides is 1. The van der Waals surface area contributed by atoms with E-state index in [4.69, 9.17) is 4.42 Å². The summed E-state index contributed by atoms with van der Waals surface area (Å²) >= 11 is 0. The van der Waals surface area contributed by atoms with Gasteiger partial charge < -0.3 is 14.6 Å². The van der Waals surface area contributed by atoms with Gasteiger partial charge in [0.2, 0.25) is 5.91 Å². The zero-order valence-corrected chi connectivity index (χ0v) is 17.8. The van der Waals surface area contributed by atoms with Gasteiger partial charge in [-0.3, -0.25) is 14.0 Å². The first-order valence-corrected chi connectivity index (χ1v) is 10.9. The summed E-state index contributed by atoms with van der Waals surface area (Å²) in [6.07, 6.45) is 6.47. The minimum atomic E-state index is -0.172. The summed E-state index contributed by atoms with van der Waals surface area (Å²) in [6.45, 7) is 9.11. The molecule has 0 aliphatic carbocycles. The molecule has 0 bridgehead atoms. The fourth-order valence-electron chi connectivity index (χ4n) is 4.67. The van der Waals surface area contributed by atoms with Gasteiger partial charge in [-0.15, -0.1) is 0 Å². The molecule has 1 saturated heterocycles. The molecule has 1 fully saturated rings. The van der Waals surface area contributed by atoms with E-state index in [2.05, 4.69) is 29.2 Å². The van der Waals surface area contributed by atoms with Crippen LogP contribution in [0.3, 0.4) is 0 Å². The average molecular weight is 414 g/mol. The summed E-state index contributed by atoms with van der Waals surface area (Å²) in [4.78, 5) is 27.2. The molecule has 0 aromatic carbocycles. The third-order valence-corrected chi connectivity index (χ3v) is 5.91. The molecule has 4 heterocycles. The molecule has 162 valence electrons. The van der Waals surface area contributed by atoms with Gasteiger partial charge in [0.05, 0.1) is 11.8 Å².